The van der Waals surface area contributed by atoms with Crippen LogP contribution in [0.5, 0.6) is 0 Å². The number of benzene rings is 1. The van der Waals surface area contributed by atoms with Crippen molar-refractivity contribution in [2.75, 3.05) is 0 Å². The van der Waals surface area contributed by atoms with Crippen molar-refractivity contribution in [3.63, 3.8) is 0 Å². The van der Waals surface area contributed by atoms with E-state index in [-0.39, 0.29) is 6.42 Å². The third-order valence-corrected chi connectivity index (χ3v) is 2.67. The van der Waals surface area contributed by atoms with Crippen LogP contribution in [0, 0.1) is 23.3 Å². The van der Waals surface area contributed by atoms with Crippen molar-refractivity contribution >= 4 is 16.8 Å². The Bertz CT molecular complexity index is 445. The highest BCUT2D eigenvalue weighted by Crippen LogP contribution is 2.26. The number of hydrogen-bond donors (Lipinski definition) is 0. The quantitative estimate of drug-likeness (QED) is 0.455. The highest BCUT2D eigenvalue weighted by molar-refractivity contribution is 6.63. The molecule has 6 heteroatoms. The first-order valence-corrected chi connectivity index (χ1v) is 5.79. The van der Waals surface area contributed by atoms with Crippen LogP contribution in [0.1, 0.15) is 30.9 Å². The second-order valence-electron chi connectivity index (χ2n) is 3.85. The summed E-state index contributed by atoms with van der Waals surface area (Å²) in [4.78, 5) is 10.6. The molecule has 0 saturated heterocycles. The fourth-order valence-electron chi connectivity index (χ4n) is 1.59. The van der Waals surface area contributed by atoms with Crippen LogP contribution in [0.2, 0.25) is 0 Å². The van der Waals surface area contributed by atoms with Gasteiger partial charge >= 0.3 is 0 Å². The highest BCUT2D eigenvalue weighted by Gasteiger charge is 2.25. The lowest BCUT2D eigenvalue weighted by atomic mass is 10.0. The minimum absolute atomic E-state index is 0.100. The van der Waals surface area contributed by atoms with Crippen LogP contribution in [0.15, 0.2) is 0 Å². The van der Waals surface area contributed by atoms with Crippen molar-refractivity contribution in [2.45, 2.75) is 32.6 Å². The molecule has 0 radical (unpaired) electrons. The summed E-state index contributed by atoms with van der Waals surface area (Å²) in [6, 6.07) is 0. The standard InChI is InChI=1S/C12H11ClF4O/c1-2-3-4-6-9(14)11(16)7(5-8(13)18)12(17)10(6)15/h2-5H2,1H3. The van der Waals surface area contributed by atoms with E-state index in [1.54, 1.807) is 6.92 Å². The lowest BCUT2D eigenvalue weighted by Crippen LogP contribution is -2.11. The van der Waals surface area contributed by atoms with Gasteiger partial charge in [0.05, 0.1) is 6.42 Å². The molecule has 0 N–H and O–H groups in total. The molecule has 0 spiro atoms. The highest BCUT2D eigenvalue weighted by atomic mass is 35.5. The average molecular weight is 283 g/mol. The number of carbonyl (C=O) groups is 1. The van der Waals surface area contributed by atoms with Crippen molar-refractivity contribution in [1.82, 2.24) is 0 Å². The summed E-state index contributed by atoms with van der Waals surface area (Å²) in [6.45, 7) is 1.78. The van der Waals surface area contributed by atoms with Gasteiger partial charge in [-0.3, -0.25) is 4.79 Å². The summed E-state index contributed by atoms with van der Waals surface area (Å²) in [5, 5.41) is -1.09. The summed E-state index contributed by atoms with van der Waals surface area (Å²) >= 11 is 4.97. The second kappa shape index (κ2) is 6.18. The third kappa shape index (κ3) is 3.02. The molecule has 0 fully saturated rings. The molecule has 0 aliphatic heterocycles. The summed E-state index contributed by atoms with van der Waals surface area (Å²) in [6.07, 6.45) is 0.0444. The molecule has 0 amide bonds. The maximum absolute atomic E-state index is 13.5. The van der Waals surface area contributed by atoms with Crippen molar-refractivity contribution in [1.29, 1.82) is 0 Å². The molecule has 1 aromatic carbocycles. The van der Waals surface area contributed by atoms with E-state index in [0.29, 0.717) is 12.8 Å². The summed E-state index contributed by atoms with van der Waals surface area (Å²) in [5.74, 6) is -5.99. The van der Waals surface area contributed by atoms with Crippen LogP contribution in [-0.4, -0.2) is 5.24 Å². The van der Waals surface area contributed by atoms with E-state index in [1.807, 2.05) is 0 Å². The van der Waals surface area contributed by atoms with E-state index in [2.05, 4.69) is 0 Å². The summed E-state index contributed by atoms with van der Waals surface area (Å²) in [7, 11) is 0. The van der Waals surface area contributed by atoms with Gasteiger partial charge in [-0.1, -0.05) is 13.3 Å². The molecule has 0 atom stereocenters. The first kappa shape index (κ1) is 15.0. The molecule has 1 nitrogen and oxygen atoms in total. The van der Waals surface area contributed by atoms with Gasteiger partial charge < -0.3 is 0 Å². The van der Waals surface area contributed by atoms with E-state index in [1.165, 1.54) is 0 Å². The molecule has 0 bridgehead atoms. The Balaban J connectivity index is 3.31. The molecule has 1 aromatic rings. The van der Waals surface area contributed by atoms with Gasteiger partial charge in [-0.2, -0.15) is 0 Å². The van der Waals surface area contributed by atoms with Crippen LogP contribution < -0.4 is 0 Å². The maximum atomic E-state index is 13.5. The second-order valence-corrected chi connectivity index (χ2v) is 4.27. The Kier molecular flexibility index (Phi) is 5.14. The van der Waals surface area contributed by atoms with Crippen molar-refractivity contribution in [3.05, 3.63) is 34.4 Å². The van der Waals surface area contributed by atoms with Crippen molar-refractivity contribution < 1.29 is 22.4 Å². The van der Waals surface area contributed by atoms with Crippen LogP contribution in [0.3, 0.4) is 0 Å². The minimum atomic E-state index is -1.55. The van der Waals surface area contributed by atoms with Crippen LogP contribution >= 0.6 is 11.6 Å². The summed E-state index contributed by atoms with van der Waals surface area (Å²) in [5.41, 5.74) is -1.59. The fraction of sp³-hybridized carbons (Fsp3) is 0.417. The topological polar surface area (TPSA) is 17.1 Å². The first-order valence-electron chi connectivity index (χ1n) is 5.42. The minimum Gasteiger partial charge on any atom is -0.281 e. The molecular formula is C12H11ClF4O. The SMILES string of the molecule is CCCCc1c(F)c(F)c(CC(=O)Cl)c(F)c1F. The fourth-order valence-corrected chi connectivity index (χ4v) is 1.72. The number of halogens is 5. The molecule has 0 saturated carbocycles. The molecule has 0 unspecified atom stereocenters. The van der Waals surface area contributed by atoms with Gasteiger partial charge in [0.1, 0.15) is 0 Å². The summed E-state index contributed by atoms with van der Waals surface area (Å²) < 4.78 is 54.1. The van der Waals surface area contributed by atoms with E-state index in [4.69, 9.17) is 11.6 Å². The predicted molar refractivity (Wildman–Crippen MR) is 59.5 cm³/mol. The number of rotatable bonds is 5. The lowest BCUT2D eigenvalue weighted by Gasteiger charge is -2.10. The van der Waals surface area contributed by atoms with Crippen molar-refractivity contribution in [3.8, 4) is 0 Å². The Morgan fingerprint density at radius 2 is 1.44 bits per heavy atom. The van der Waals surface area contributed by atoms with Gasteiger partial charge in [0.25, 0.3) is 0 Å². The largest absolute Gasteiger partial charge is 0.281 e. The lowest BCUT2D eigenvalue weighted by molar-refractivity contribution is -0.111. The Morgan fingerprint density at radius 3 is 1.83 bits per heavy atom. The third-order valence-electron chi connectivity index (χ3n) is 2.54. The van der Waals surface area contributed by atoms with Gasteiger partial charge in [-0.25, -0.2) is 17.6 Å². The molecule has 0 aliphatic carbocycles. The Morgan fingerprint density at radius 1 is 1.00 bits per heavy atom. The van der Waals surface area contributed by atoms with Gasteiger partial charge in [0.2, 0.25) is 5.24 Å². The Labute approximate surface area is 107 Å². The van der Waals surface area contributed by atoms with Gasteiger partial charge in [0, 0.05) is 11.1 Å². The molecule has 0 heterocycles. The van der Waals surface area contributed by atoms with Crippen LogP contribution in [-0.2, 0) is 17.6 Å². The normalized spacial score (nSPS) is 10.8. The molecule has 0 aliphatic rings. The zero-order valence-corrected chi connectivity index (χ0v) is 10.4. The zero-order chi connectivity index (χ0) is 13.9. The van der Waals surface area contributed by atoms with Crippen LogP contribution in [0.4, 0.5) is 17.6 Å². The van der Waals surface area contributed by atoms with Gasteiger partial charge in [0.15, 0.2) is 23.3 Å². The van der Waals surface area contributed by atoms with E-state index >= 15 is 0 Å². The maximum Gasteiger partial charge on any atom is 0.226 e. The number of hydrogen-bond acceptors (Lipinski definition) is 1. The van der Waals surface area contributed by atoms with Gasteiger partial charge in [-0.05, 0) is 24.4 Å². The Hall–Kier alpha value is -1.10. The first-order chi connectivity index (χ1) is 8.40. The van der Waals surface area contributed by atoms with Crippen molar-refractivity contribution in [2.24, 2.45) is 0 Å². The monoisotopic (exact) mass is 282 g/mol. The van der Waals surface area contributed by atoms with Crippen LogP contribution in [0.25, 0.3) is 0 Å². The zero-order valence-electron chi connectivity index (χ0n) is 9.63. The number of unbranched alkanes of at least 4 members (excludes halogenated alkanes) is 1. The molecule has 0 aromatic heterocycles. The van der Waals surface area contributed by atoms with E-state index in [0.717, 1.165) is 0 Å². The predicted octanol–water partition coefficient (Wildman–Crippen LogP) is 3.89. The number of carbonyl (C=O) groups excluding carboxylic acids is 1. The smallest absolute Gasteiger partial charge is 0.226 e. The average Bonchev–Trinajstić information content (AvgIpc) is 2.32. The van der Waals surface area contributed by atoms with E-state index in [9.17, 15) is 22.4 Å². The molecule has 18 heavy (non-hydrogen) atoms. The van der Waals surface area contributed by atoms with E-state index < -0.39 is 46.1 Å². The molecule has 100 valence electrons. The van der Waals surface area contributed by atoms with Gasteiger partial charge in [-0.15, -0.1) is 0 Å². The molecular weight excluding hydrogens is 272 g/mol. The molecule has 1 rings (SSSR count).